The van der Waals surface area contributed by atoms with Gasteiger partial charge in [-0.15, -0.1) is 0 Å². The summed E-state index contributed by atoms with van der Waals surface area (Å²) in [4.78, 5) is 0. The van der Waals surface area contributed by atoms with E-state index in [1.165, 1.54) is 12.1 Å². The van der Waals surface area contributed by atoms with E-state index in [1.807, 2.05) is 0 Å². The van der Waals surface area contributed by atoms with Crippen LogP contribution in [-0.2, 0) is 22.7 Å². The summed E-state index contributed by atoms with van der Waals surface area (Å²) in [5.74, 6) is 0. The molecule has 24 heavy (non-hydrogen) atoms. The first kappa shape index (κ1) is 18.0. The molecule has 0 saturated heterocycles. The zero-order valence-corrected chi connectivity index (χ0v) is 13.2. The van der Waals surface area contributed by atoms with Gasteiger partial charge in [-0.05, 0) is 41.5 Å². The number of hydrogen-bond acceptors (Lipinski definition) is 3. The van der Waals surface area contributed by atoms with E-state index in [0.717, 1.165) is 29.2 Å². The summed E-state index contributed by atoms with van der Waals surface area (Å²) in [6.07, 6.45) is -3.38. The maximum absolute atomic E-state index is 12.6. The van der Waals surface area contributed by atoms with E-state index in [2.05, 4.69) is 4.72 Å². The van der Waals surface area contributed by atoms with Crippen molar-refractivity contribution in [2.75, 3.05) is 4.72 Å². The van der Waals surface area contributed by atoms with Gasteiger partial charge in [0.15, 0.2) is 0 Å². The largest absolute Gasteiger partial charge is 0.416 e. The highest BCUT2D eigenvalue weighted by Crippen LogP contribution is 2.29. The topological polar surface area (TPSA) is 72.2 Å². The summed E-state index contributed by atoms with van der Waals surface area (Å²) in [6.45, 7) is 0.336. The Morgan fingerprint density at radius 1 is 1.08 bits per heavy atom. The molecule has 0 bridgehead atoms. The predicted molar refractivity (Wildman–Crippen MR) is 87.4 cm³/mol. The maximum atomic E-state index is 12.6. The van der Waals surface area contributed by atoms with E-state index in [9.17, 15) is 21.6 Å². The SMILES string of the molecule is NCc1ccc(NS(=O)(=O)/C=C/c2cccc(C(F)(F)F)c2)cc1. The second kappa shape index (κ2) is 7.06. The molecule has 0 fully saturated rings. The van der Waals surface area contributed by atoms with Crippen molar-refractivity contribution in [2.24, 2.45) is 5.73 Å². The van der Waals surface area contributed by atoms with Gasteiger partial charge in [-0.25, -0.2) is 8.42 Å². The Kier molecular flexibility index (Phi) is 5.30. The fraction of sp³-hybridized carbons (Fsp3) is 0.125. The fourth-order valence-corrected chi connectivity index (χ4v) is 2.76. The quantitative estimate of drug-likeness (QED) is 0.860. The third-order valence-electron chi connectivity index (χ3n) is 3.10. The Bertz CT molecular complexity index is 829. The Balaban J connectivity index is 2.14. The summed E-state index contributed by atoms with van der Waals surface area (Å²) in [7, 11) is -3.84. The van der Waals surface area contributed by atoms with Gasteiger partial charge >= 0.3 is 6.18 Å². The molecule has 0 heterocycles. The lowest BCUT2D eigenvalue weighted by atomic mass is 10.1. The van der Waals surface area contributed by atoms with Gasteiger partial charge in [0.2, 0.25) is 0 Å². The summed E-state index contributed by atoms with van der Waals surface area (Å²) in [6, 6.07) is 10.9. The average Bonchev–Trinajstić information content (AvgIpc) is 2.53. The zero-order chi connectivity index (χ0) is 17.8. The van der Waals surface area contributed by atoms with Crippen LogP contribution >= 0.6 is 0 Å². The van der Waals surface area contributed by atoms with Crippen LogP contribution in [0.2, 0.25) is 0 Å². The van der Waals surface area contributed by atoms with Gasteiger partial charge in [0.05, 0.1) is 11.0 Å². The minimum Gasteiger partial charge on any atom is -0.326 e. The van der Waals surface area contributed by atoms with Gasteiger partial charge in [0, 0.05) is 12.2 Å². The Labute approximate surface area is 137 Å². The van der Waals surface area contributed by atoms with Gasteiger partial charge in [-0.2, -0.15) is 13.2 Å². The van der Waals surface area contributed by atoms with Crippen LogP contribution < -0.4 is 10.5 Å². The molecule has 3 N–H and O–H groups in total. The van der Waals surface area contributed by atoms with Crippen molar-refractivity contribution in [2.45, 2.75) is 12.7 Å². The standard InChI is InChI=1S/C16H15F3N2O2S/c17-16(18,19)14-3-1-2-12(10-14)8-9-24(22,23)21-15-6-4-13(11-20)5-7-15/h1-10,21H,11,20H2/b9-8+. The molecule has 128 valence electrons. The van der Waals surface area contributed by atoms with Crippen molar-refractivity contribution in [3.8, 4) is 0 Å². The molecule has 0 spiro atoms. The molecule has 2 rings (SSSR count). The molecule has 0 aromatic heterocycles. The molecule has 0 amide bonds. The van der Waals surface area contributed by atoms with E-state index >= 15 is 0 Å². The van der Waals surface area contributed by atoms with E-state index < -0.39 is 21.8 Å². The zero-order valence-electron chi connectivity index (χ0n) is 12.4. The smallest absolute Gasteiger partial charge is 0.326 e. The molecule has 2 aromatic rings. The number of alkyl halides is 3. The number of anilines is 1. The average molecular weight is 356 g/mol. The van der Waals surface area contributed by atoms with Crippen LogP contribution in [-0.4, -0.2) is 8.42 Å². The third-order valence-corrected chi connectivity index (χ3v) is 4.12. The number of nitrogens with two attached hydrogens (primary N) is 1. The second-order valence-electron chi connectivity index (χ2n) is 4.97. The van der Waals surface area contributed by atoms with Gasteiger partial charge in [-0.3, -0.25) is 4.72 Å². The molecule has 0 unspecified atom stereocenters. The molecular formula is C16H15F3N2O2S. The van der Waals surface area contributed by atoms with Crippen molar-refractivity contribution >= 4 is 21.8 Å². The minimum absolute atomic E-state index is 0.133. The minimum atomic E-state index is -4.48. The van der Waals surface area contributed by atoms with Crippen LogP contribution in [0.25, 0.3) is 6.08 Å². The van der Waals surface area contributed by atoms with Crippen molar-refractivity contribution < 1.29 is 21.6 Å². The number of benzene rings is 2. The molecule has 2 aromatic carbocycles. The van der Waals surface area contributed by atoms with Crippen LogP contribution in [0.15, 0.2) is 53.9 Å². The van der Waals surface area contributed by atoms with Crippen molar-refractivity contribution in [3.05, 3.63) is 70.6 Å². The Morgan fingerprint density at radius 3 is 2.33 bits per heavy atom. The van der Waals surface area contributed by atoms with Crippen LogP contribution in [0.1, 0.15) is 16.7 Å². The first-order chi connectivity index (χ1) is 11.2. The van der Waals surface area contributed by atoms with Gasteiger partial charge < -0.3 is 5.73 Å². The number of halogens is 3. The van der Waals surface area contributed by atoms with Gasteiger partial charge in [-0.1, -0.05) is 24.3 Å². The third kappa shape index (κ3) is 5.10. The molecule has 0 saturated carbocycles. The summed E-state index contributed by atoms with van der Waals surface area (Å²) < 4.78 is 64.1. The summed E-state index contributed by atoms with van der Waals surface area (Å²) in [5, 5.41) is 0.819. The highest BCUT2D eigenvalue weighted by molar-refractivity contribution is 7.95. The van der Waals surface area contributed by atoms with E-state index in [1.54, 1.807) is 24.3 Å². The van der Waals surface area contributed by atoms with E-state index in [4.69, 9.17) is 5.73 Å². The number of nitrogens with one attached hydrogen (secondary N) is 1. The molecule has 4 nitrogen and oxygen atoms in total. The number of hydrogen-bond donors (Lipinski definition) is 2. The number of rotatable bonds is 5. The van der Waals surface area contributed by atoms with Crippen LogP contribution in [0.5, 0.6) is 0 Å². The predicted octanol–water partition coefficient (Wildman–Crippen LogP) is 3.58. The van der Waals surface area contributed by atoms with E-state index in [0.29, 0.717) is 12.2 Å². The second-order valence-corrected chi connectivity index (χ2v) is 6.54. The molecule has 0 aliphatic heterocycles. The Morgan fingerprint density at radius 2 is 1.75 bits per heavy atom. The van der Waals surface area contributed by atoms with Crippen molar-refractivity contribution in [3.63, 3.8) is 0 Å². The highest BCUT2D eigenvalue weighted by atomic mass is 32.2. The van der Waals surface area contributed by atoms with Crippen LogP contribution in [0.3, 0.4) is 0 Å². The first-order valence-corrected chi connectivity index (χ1v) is 8.41. The van der Waals surface area contributed by atoms with Crippen LogP contribution in [0.4, 0.5) is 18.9 Å². The van der Waals surface area contributed by atoms with Gasteiger partial charge in [0.25, 0.3) is 10.0 Å². The first-order valence-electron chi connectivity index (χ1n) is 6.87. The highest BCUT2D eigenvalue weighted by Gasteiger charge is 2.30. The lowest BCUT2D eigenvalue weighted by molar-refractivity contribution is -0.137. The van der Waals surface area contributed by atoms with Crippen molar-refractivity contribution in [1.29, 1.82) is 0 Å². The molecular weight excluding hydrogens is 341 g/mol. The van der Waals surface area contributed by atoms with Gasteiger partial charge in [0.1, 0.15) is 0 Å². The van der Waals surface area contributed by atoms with Crippen LogP contribution in [0, 0.1) is 0 Å². The van der Waals surface area contributed by atoms with Crippen molar-refractivity contribution in [1.82, 2.24) is 0 Å². The summed E-state index contributed by atoms with van der Waals surface area (Å²) in [5.41, 5.74) is 5.92. The monoisotopic (exact) mass is 356 g/mol. The molecule has 0 radical (unpaired) electrons. The van der Waals surface area contributed by atoms with E-state index in [-0.39, 0.29) is 5.56 Å². The lowest BCUT2D eigenvalue weighted by Crippen LogP contribution is -2.09. The molecule has 8 heteroatoms. The summed E-state index contributed by atoms with van der Waals surface area (Å²) >= 11 is 0. The number of sulfonamides is 1. The molecule has 0 atom stereocenters. The Hall–Kier alpha value is -2.32. The molecule has 0 aliphatic carbocycles. The lowest BCUT2D eigenvalue weighted by Gasteiger charge is -2.07. The normalized spacial score (nSPS) is 12.5. The fourth-order valence-electron chi connectivity index (χ4n) is 1.89. The maximum Gasteiger partial charge on any atom is 0.416 e. The molecule has 0 aliphatic rings.